The van der Waals surface area contributed by atoms with E-state index in [4.69, 9.17) is 0 Å². The number of hydrogen-bond acceptors (Lipinski definition) is 4. The van der Waals surface area contributed by atoms with Crippen LogP contribution < -0.4 is 5.32 Å². The second-order valence-corrected chi connectivity index (χ2v) is 5.83. The lowest BCUT2D eigenvalue weighted by Crippen LogP contribution is -2.39. The third-order valence-electron chi connectivity index (χ3n) is 4.12. The molecular weight excluding hydrogens is 252 g/mol. The van der Waals surface area contributed by atoms with Gasteiger partial charge in [0, 0.05) is 6.04 Å². The highest BCUT2D eigenvalue weighted by Gasteiger charge is 2.21. The molecule has 0 radical (unpaired) electrons. The molecule has 112 valence electrons. The van der Waals surface area contributed by atoms with Gasteiger partial charge in [-0.05, 0) is 12.8 Å². The molecule has 0 aromatic carbocycles. The van der Waals surface area contributed by atoms with Gasteiger partial charge in [0.25, 0.3) is 5.91 Å². The minimum absolute atomic E-state index is 0.0976. The lowest BCUT2D eigenvalue weighted by molar-refractivity contribution is -0.122. The predicted molar refractivity (Wildman–Crippen MR) is 79.9 cm³/mol. The number of amides is 1. The van der Waals surface area contributed by atoms with Crippen LogP contribution in [0.5, 0.6) is 0 Å². The molecule has 0 saturated heterocycles. The standard InChI is InChI=1S/C15H26N4O/c20-15(14-16-12-17-19-14)18-13-10-8-6-4-2-1-3-5-7-9-11-13/h12-14H,1-11H2,(H,18,20). The van der Waals surface area contributed by atoms with Crippen LogP contribution in [-0.4, -0.2) is 24.5 Å². The van der Waals surface area contributed by atoms with E-state index in [0.29, 0.717) is 0 Å². The van der Waals surface area contributed by atoms with E-state index >= 15 is 0 Å². The highest BCUT2D eigenvalue weighted by atomic mass is 16.2. The van der Waals surface area contributed by atoms with E-state index in [2.05, 4.69) is 20.5 Å². The van der Waals surface area contributed by atoms with Gasteiger partial charge in [0.2, 0.25) is 6.17 Å². The summed E-state index contributed by atoms with van der Waals surface area (Å²) in [5.41, 5.74) is 0. The van der Waals surface area contributed by atoms with Crippen molar-refractivity contribution in [1.82, 2.24) is 5.32 Å². The van der Waals surface area contributed by atoms with Gasteiger partial charge in [-0.15, -0.1) is 10.2 Å². The Bertz CT molecular complexity index is 330. The molecule has 1 atom stereocenters. The lowest BCUT2D eigenvalue weighted by Gasteiger charge is -2.20. The molecule has 0 bridgehead atoms. The summed E-state index contributed by atoms with van der Waals surface area (Å²) < 4.78 is 0. The minimum atomic E-state index is -0.642. The number of azo groups is 1. The van der Waals surface area contributed by atoms with Crippen molar-refractivity contribution < 1.29 is 4.79 Å². The number of aliphatic imine (C=N–C) groups is 1. The van der Waals surface area contributed by atoms with Crippen molar-refractivity contribution in [1.29, 1.82) is 0 Å². The molecule has 2 rings (SSSR count). The zero-order chi connectivity index (χ0) is 14.0. The molecule has 5 heteroatoms. The van der Waals surface area contributed by atoms with Crippen molar-refractivity contribution >= 4 is 12.2 Å². The van der Waals surface area contributed by atoms with Crippen LogP contribution >= 0.6 is 0 Å². The molecule has 1 saturated carbocycles. The third kappa shape index (κ3) is 5.39. The predicted octanol–water partition coefficient (Wildman–Crippen LogP) is 3.60. The molecular formula is C15H26N4O. The summed E-state index contributed by atoms with van der Waals surface area (Å²) in [4.78, 5) is 15.9. The molecule has 20 heavy (non-hydrogen) atoms. The molecule has 1 amide bonds. The monoisotopic (exact) mass is 278 g/mol. The van der Waals surface area contributed by atoms with Crippen molar-refractivity contribution in [2.24, 2.45) is 15.2 Å². The van der Waals surface area contributed by atoms with Crippen LogP contribution in [0.25, 0.3) is 0 Å². The third-order valence-corrected chi connectivity index (χ3v) is 4.12. The minimum Gasteiger partial charge on any atom is -0.350 e. The van der Waals surface area contributed by atoms with Crippen molar-refractivity contribution in [3.8, 4) is 0 Å². The molecule has 5 nitrogen and oxygen atoms in total. The first kappa shape index (κ1) is 15.1. The van der Waals surface area contributed by atoms with Gasteiger partial charge in [0.1, 0.15) is 6.34 Å². The van der Waals surface area contributed by atoms with Gasteiger partial charge >= 0.3 is 0 Å². The van der Waals surface area contributed by atoms with E-state index in [1.165, 1.54) is 64.1 Å². The second kappa shape index (κ2) is 8.82. The molecule has 1 aliphatic heterocycles. The molecule has 1 fully saturated rings. The fourth-order valence-corrected chi connectivity index (χ4v) is 2.92. The van der Waals surface area contributed by atoms with Crippen molar-refractivity contribution in [2.45, 2.75) is 82.8 Å². The van der Waals surface area contributed by atoms with E-state index in [1.54, 1.807) is 0 Å². The summed E-state index contributed by atoms with van der Waals surface area (Å²) in [6.07, 6.45) is 14.7. The summed E-state index contributed by atoms with van der Waals surface area (Å²) >= 11 is 0. The Hall–Kier alpha value is -1.26. The average molecular weight is 278 g/mol. The number of carbonyl (C=O) groups excluding carboxylic acids is 1. The van der Waals surface area contributed by atoms with Crippen LogP contribution in [0.15, 0.2) is 15.2 Å². The topological polar surface area (TPSA) is 66.2 Å². The summed E-state index contributed by atoms with van der Waals surface area (Å²) in [5.74, 6) is -0.0976. The smallest absolute Gasteiger partial charge is 0.269 e. The number of hydrogen-bond donors (Lipinski definition) is 1. The molecule has 1 aliphatic carbocycles. The molecule has 0 spiro atoms. The quantitative estimate of drug-likeness (QED) is 0.824. The lowest BCUT2D eigenvalue weighted by atomic mass is 9.98. The first-order valence-electron chi connectivity index (χ1n) is 8.08. The zero-order valence-corrected chi connectivity index (χ0v) is 12.3. The Morgan fingerprint density at radius 3 is 1.95 bits per heavy atom. The van der Waals surface area contributed by atoms with E-state index in [-0.39, 0.29) is 11.9 Å². The Kier molecular flexibility index (Phi) is 6.68. The number of nitrogens with zero attached hydrogens (tertiary/aromatic N) is 3. The Morgan fingerprint density at radius 2 is 1.45 bits per heavy atom. The first-order chi connectivity index (χ1) is 9.86. The van der Waals surface area contributed by atoms with Gasteiger partial charge in [-0.3, -0.25) is 4.79 Å². The SMILES string of the molecule is O=C(NC1CCCCCCCCCCC1)C1N=CN=N1. The van der Waals surface area contributed by atoms with Crippen LogP contribution in [0.4, 0.5) is 0 Å². The van der Waals surface area contributed by atoms with Crippen molar-refractivity contribution in [3.63, 3.8) is 0 Å². The van der Waals surface area contributed by atoms with Gasteiger partial charge < -0.3 is 5.32 Å². The van der Waals surface area contributed by atoms with Gasteiger partial charge in [0.05, 0.1) is 0 Å². The molecule has 0 aromatic rings. The van der Waals surface area contributed by atoms with Crippen molar-refractivity contribution in [3.05, 3.63) is 0 Å². The molecule has 0 aromatic heterocycles. The molecule has 2 aliphatic rings. The van der Waals surface area contributed by atoms with Crippen LogP contribution in [-0.2, 0) is 4.79 Å². The maximum absolute atomic E-state index is 12.0. The zero-order valence-electron chi connectivity index (χ0n) is 12.3. The van der Waals surface area contributed by atoms with Crippen LogP contribution in [0.3, 0.4) is 0 Å². The van der Waals surface area contributed by atoms with Crippen LogP contribution in [0.1, 0.15) is 70.6 Å². The molecule has 1 unspecified atom stereocenters. The fraction of sp³-hybridized carbons (Fsp3) is 0.867. The van der Waals surface area contributed by atoms with E-state index in [0.717, 1.165) is 12.8 Å². The van der Waals surface area contributed by atoms with Crippen LogP contribution in [0.2, 0.25) is 0 Å². The van der Waals surface area contributed by atoms with Crippen molar-refractivity contribution in [2.75, 3.05) is 0 Å². The van der Waals surface area contributed by atoms with Gasteiger partial charge in [0.15, 0.2) is 0 Å². The number of nitrogens with one attached hydrogen (secondary N) is 1. The van der Waals surface area contributed by atoms with Gasteiger partial charge in [-0.2, -0.15) is 0 Å². The van der Waals surface area contributed by atoms with Crippen LogP contribution in [0, 0.1) is 0 Å². The number of rotatable bonds is 2. The highest BCUT2D eigenvalue weighted by Crippen LogP contribution is 2.17. The normalized spacial score (nSPS) is 25.9. The maximum Gasteiger partial charge on any atom is 0.269 e. The van der Waals surface area contributed by atoms with E-state index in [9.17, 15) is 4.79 Å². The Balaban J connectivity index is 1.77. The summed E-state index contributed by atoms with van der Waals surface area (Å²) in [6, 6.07) is 0.285. The van der Waals surface area contributed by atoms with Gasteiger partial charge in [-0.25, -0.2) is 4.99 Å². The van der Waals surface area contributed by atoms with Gasteiger partial charge in [-0.1, -0.05) is 57.8 Å². The molecule has 1 N–H and O–H groups in total. The number of carbonyl (C=O) groups is 1. The second-order valence-electron chi connectivity index (χ2n) is 5.83. The summed E-state index contributed by atoms with van der Waals surface area (Å²) in [6.45, 7) is 0. The Morgan fingerprint density at radius 1 is 0.900 bits per heavy atom. The average Bonchev–Trinajstić information content (AvgIpc) is 2.96. The summed E-state index contributed by atoms with van der Waals surface area (Å²) in [7, 11) is 0. The van der Waals surface area contributed by atoms with E-state index < -0.39 is 6.17 Å². The van der Waals surface area contributed by atoms with E-state index in [1.807, 2.05) is 0 Å². The summed E-state index contributed by atoms with van der Waals surface area (Å²) in [5, 5.41) is 10.5. The largest absolute Gasteiger partial charge is 0.350 e. The maximum atomic E-state index is 12.0. The fourth-order valence-electron chi connectivity index (χ4n) is 2.92. The first-order valence-corrected chi connectivity index (χ1v) is 8.08. The Labute approximate surface area is 121 Å². The molecule has 1 heterocycles. The highest BCUT2D eigenvalue weighted by molar-refractivity contribution is 5.84.